The van der Waals surface area contributed by atoms with Crippen molar-refractivity contribution in [1.82, 2.24) is 19.4 Å². The Balaban J connectivity index is 1.64. The van der Waals surface area contributed by atoms with Gasteiger partial charge >= 0.3 is 0 Å². The number of rotatable bonds is 4. The molecule has 0 aliphatic carbocycles. The van der Waals surface area contributed by atoms with Crippen molar-refractivity contribution in [2.45, 2.75) is 32.5 Å². The minimum Gasteiger partial charge on any atom is -0.357 e. The lowest BCUT2D eigenvalue weighted by Crippen LogP contribution is -2.36. The fraction of sp³-hybridized carbons (Fsp3) is 0.261. The van der Waals surface area contributed by atoms with Crippen molar-refractivity contribution < 1.29 is 0 Å². The van der Waals surface area contributed by atoms with Gasteiger partial charge in [0, 0.05) is 47.1 Å². The molecular weight excluding hydrogens is 368 g/mol. The van der Waals surface area contributed by atoms with Gasteiger partial charge in [0.05, 0.1) is 12.6 Å². The van der Waals surface area contributed by atoms with Crippen LogP contribution in [0.5, 0.6) is 0 Å². The molecule has 142 valence electrons. The average molecular weight is 391 g/mol. The smallest absolute Gasteiger partial charge is 0.122 e. The Hall–Kier alpha value is -2.56. The molecule has 0 spiro atoms. The van der Waals surface area contributed by atoms with Crippen LogP contribution in [0.3, 0.4) is 0 Å². The number of fused-ring (bicyclic) bond motifs is 3. The van der Waals surface area contributed by atoms with E-state index in [2.05, 4.69) is 69.0 Å². The number of aryl methyl sites for hydroxylation is 1. The van der Waals surface area contributed by atoms with Crippen molar-refractivity contribution in [2.75, 3.05) is 6.54 Å². The summed E-state index contributed by atoms with van der Waals surface area (Å²) in [5.74, 6) is 1.10. The van der Waals surface area contributed by atoms with Crippen LogP contribution in [0, 0.1) is 0 Å². The van der Waals surface area contributed by atoms with E-state index in [4.69, 9.17) is 11.6 Å². The number of halogens is 1. The summed E-state index contributed by atoms with van der Waals surface area (Å²) in [6, 6.07) is 16.9. The van der Waals surface area contributed by atoms with Gasteiger partial charge in [-0.2, -0.15) is 0 Å². The number of nitrogens with one attached hydrogen (secondary N) is 1. The number of para-hydroxylation sites is 1. The van der Waals surface area contributed by atoms with Gasteiger partial charge in [0.15, 0.2) is 0 Å². The Labute approximate surface area is 169 Å². The first-order valence-electron chi connectivity index (χ1n) is 9.84. The van der Waals surface area contributed by atoms with Crippen LogP contribution in [0.15, 0.2) is 60.9 Å². The van der Waals surface area contributed by atoms with Gasteiger partial charge in [-0.15, -0.1) is 0 Å². The molecule has 0 fully saturated rings. The monoisotopic (exact) mass is 390 g/mol. The molecule has 1 N–H and O–H groups in total. The Morgan fingerprint density at radius 1 is 1.14 bits per heavy atom. The quantitative estimate of drug-likeness (QED) is 0.521. The highest BCUT2D eigenvalue weighted by Crippen LogP contribution is 2.41. The summed E-state index contributed by atoms with van der Waals surface area (Å²) < 4.78 is 2.21. The lowest BCUT2D eigenvalue weighted by molar-refractivity contribution is 0.194. The zero-order valence-electron chi connectivity index (χ0n) is 15.9. The molecule has 1 unspecified atom stereocenters. The van der Waals surface area contributed by atoms with E-state index in [1.165, 1.54) is 22.2 Å². The first-order valence-corrected chi connectivity index (χ1v) is 10.2. The maximum absolute atomic E-state index is 6.67. The third-order valence-corrected chi connectivity index (χ3v) is 6.17. The SMILES string of the molecule is CCn1ccnc1CN1CCc2c([nH]c3ccccc23)C1c1ccccc1Cl. The number of aromatic amines is 1. The Morgan fingerprint density at radius 3 is 2.82 bits per heavy atom. The van der Waals surface area contributed by atoms with Gasteiger partial charge in [0.2, 0.25) is 0 Å². The van der Waals surface area contributed by atoms with Crippen molar-refractivity contribution in [3.8, 4) is 0 Å². The maximum atomic E-state index is 6.67. The number of benzene rings is 2. The van der Waals surface area contributed by atoms with Gasteiger partial charge in [-0.05, 0) is 36.6 Å². The Bertz CT molecular complexity index is 1130. The van der Waals surface area contributed by atoms with E-state index in [0.717, 1.165) is 42.5 Å². The molecule has 28 heavy (non-hydrogen) atoms. The summed E-state index contributed by atoms with van der Waals surface area (Å²) in [7, 11) is 0. The fourth-order valence-electron chi connectivity index (χ4n) is 4.47. The van der Waals surface area contributed by atoms with Gasteiger partial charge in [0.25, 0.3) is 0 Å². The van der Waals surface area contributed by atoms with Crippen LogP contribution in [0.2, 0.25) is 5.02 Å². The molecule has 0 bridgehead atoms. The second kappa shape index (κ2) is 7.12. The van der Waals surface area contributed by atoms with Crippen LogP contribution in [0.4, 0.5) is 0 Å². The lowest BCUT2D eigenvalue weighted by atomic mass is 9.92. The average Bonchev–Trinajstić information content (AvgIpc) is 3.32. The Morgan fingerprint density at radius 2 is 1.96 bits per heavy atom. The minimum atomic E-state index is 0.0897. The molecule has 0 radical (unpaired) electrons. The van der Waals surface area contributed by atoms with Crippen LogP contribution >= 0.6 is 11.6 Å². The third kappa shape index (κ3) is 2.84. The number of nitrogens with zero attached hydrogens (tertiary/aromatic N) is 3. The summed E-state index contributed by atoms with van der Waals surface area (Å²) in [6.45, 7) is 4.85. The zero-order chi connectivity index (χ0) is 19.1. The molecule has 3 heterocycles. The van der Waals surface area contributed by atoms with E-state index < -0.39 is 0 Å². The zero-order valence-corrected chi connectivity index (χ0v) is 16.7. The third-order valence-electron chi connectivity index (χ3n) is 5.82. The van der Waals surface area contributed by atoms with E-state index in [0.29, 0.717) is 0 Å². The molecular formula is C23H23ClN4. The van der Waals surface area contributed by atoms with Crippen molar-refractivity contribution >= 4 is 22.5 Å². The molecule has 4 nitrogen and oxygen atoms in total. The second-order valence-electron chi connectivity index (χ2n) is 7.34. The molecule has 0 amide bonds. The minimum absolute atomic E-state index is 0.0897. The molecule has 5 heteroatoms. The molecule has 2 aromatic heterocycles. The normalized spacial score (nSPS) is 17.1. The first kappa shape index (κ1) is 17.5. The number of hydrogen-bond acceptors (Lipinski definition) is 2. The summed E-state index contributed by atoms with van der Waals surface area (Å²) >= 11 is 6.67. The molecule has 1 atom stereocenters. The van der Waals surface area contributed by atoms with Crippen molar-refractivity contribution in [1.29, 1.82) is 0 Å². The highest BCUT2D eigenvalue weighted by Gasteiger charge is 2.33. The first-order chi connectivity index (χ1) is 13.8. The van der Waals surface area contributed by atoms with Crippen LogP contribution in [0.25, 0.3) is 10.9 Å². The van der Waals surface area contributed by atoms with E-state index in [9.17, 15) is 0 Å². The van der Waals surface area contributed by atoms with Crippen molar-refractivity contribution in [3.63, 3.8) is 0 Å². The summed E-state index contributed by atoms with van der Waals surface area (Å²) in [5.41, 5.74) is 5.01. The van der Waals surface area contributed by atoms with Gasteiger partial charge in [-0.1, -0.05) is 48.0 Å². The topological polar surface area (TPSA) is 36.9 Å². The van der Waals surface area contributed by atoms with Gasteiger partial charge in [-0.3, -0.25) is 4.90 Å². The maximum Gasteiger partial charge on any atom is 0.122 e. The molecule has 1 aliphatic rings. The molecule has 0 saturated carbocycles. The number of imidazole rings is 1. The van der Waals surface area contributed by atoms with E-state index in [1.807, 2.05) is 18.3 Å². The highest BCUT2D eigenvalue weighted by molar-refractivity contribution is 6.31. The summed E-state index contributed by atoms with van der Waals surface area (Å²) in [6.07, 6.45) is 4.97. The van der Waals surface area contributed by atoms with Gasteiger partial charge < -0.3 is 9.55 Å². The van der Waals surface area contributed by atoms with Crippen molar-refractivity contribution in [3.05, 3.63) is 88.6 Å². The molecule has 1 aliphatic heterocycles. The van der Waals surface area contributed by atoms with E-state index in [1.54, 1.807) is 0 Å². The molecule has 2 aromatic carbocycles. The largest absolute Gasteiger partial charge is 0.357 e. The van der Waals surface area contributed by atoms with Crippen LogP contribution in [-0.2, 0) is 19.5 Å². The highest BCUT2D eigenvalue weighted by atomic mass is 35.5. The number of hydrogen-bond donors (Lipinski definition) is 1. The van der Waals surface area contributed by atoms with Crippen LogP contribution in [0.1, 0.15) is 35.6 Å². The van der Waals surface area contributed by atoms with E-state index in [-0.39, 0.29) is 6.04 Å². The predicted molar refractivity (Wildman–Crippen MR) is 114 cm³/mol. The van der Waals surface area contributed by atoms with Gasteiger partial charge in [-0.25, -0.2) is 4.98 Å². The molecule has 0 saturated heterocycles. The second-order valence-corrected chi connectivity index (χ2v) is 7.74. The lowest BCUT2D eigenvalue weighted by Gasteiger charge is -2.36. The van der Waals surface area contributed by atoms with Gasteiger partial charge in [0.1, 0.15) is 5.82 Å². The summed E-state index contributed by atoms with van der Waals surface area (Å²) in [5, 5.41) is 2.13. The molecule has 5 rings (SSSR count). The van der Waals surface area contributed by atoms with Crippen LogP contribution in [-0.4, -0.2) is 26.0 Å². The summed E-state index contributed by atoms with van der Waals surface area (Å²) in [4.78, 5) is 10.8. The fourth-order valence-corrected chi connectivity index (χ4v) is 4.71. The molecule has 4 aromatic rings. The Kier molecular flexibility index (Phi) is 4.46. The van der Waals surface area contributed by atoms with E-state index >= 15 is 0 Å². The van der Waals surface area contributed by atoms with Crippen molar-refractivity contribution in [2.24, 2.45) is 0 Å². The van der Waals surface area contributed by atoms with Crippen LogP contribution < -0.4 is 0 Å². The predicted octanol–water partition coefficient (Wildman–Crippen LogP) is 5.19. The number of H-pyrrole nitrogens is 1. The standard InChI is InChI=1S/C23H23ClN4/c1-2-27-14-12-25-21(27)15-28-13-11-17-16-7-4-6-10-20(16)26-22(17)23(28)18-8-3-5-9-19(18)24/h3-10,12,14,23,26H,2,11,13,15H2,1H3. The number of aromatic nitrogens is 3.